The maximum absolute atomic E-state index is 12.2. The number of phenolic OH excluding ortho intramolecular Hbond substituents is 1. The van der Waals surface area contributed by atoms with Crippen LogP contribution in [0.5, 0.6) is 5.75 Å². The lowest BCUT2D eigenvalue weighted by Gasteiger charge is -2.11. The molecule has 0 aliphatic carbocycles. The number of rotatable bonds is 5. The molecule has 1 aromatic carbocycles. The number of phenols is 1. The molecule has 21 heavy (non-hydrogen) atoms. The van der Waals surface area contributed by atoms with Crippen molar-refractivity contribution < 1.29 is 9.90 Å². The first-order valence-corrected chi connectivity index (χ1v) is 6.66. The Bertz CT molecular complexity index is 649. The number of nitrogens with zero attached hydrogens (tertiary/aromatic N) is 2. The third kappa shape index (κ3) is 4.26. The van der Waals surface area contributed by atoms with Crippen molar-refractivity contribution in [2.75, 3.05) is 14.1 Å². The molecule has 0 bridgehead atoms. The molecule has 1 heterocycles. The molecule has 0 atom stereocenters. The van der Waals surface area contributed by atoms with Gasteiger partial charge in [-0.25, -0.2) is 0 Å². The monoisotopic (exact) mass is 282 g/mol. The highest BCUT2D eigenvalue weighted by Gasteiger charge is 2.08. The van der Waals surface area contributed by atoms with Crippen LogP contribution >= 0.6 is 0 Å². The fraction of sp³-hybridized carbons (Fsp3) is 0.176. The average Bonchev–Trinajstić information content (AvgIpc) is 2.47. The number of hydrogen-bond acceptors (Lipinski definition) is 4. The predicted molar refractivity (Wildman–Crippen MR) is 83.1 cm³/mol. The van der Waals surface area contributed by atoms with Crippen molar-refractivity contribution >= 4 is 11.9 Å². The minimum atomic E-state index is -0.111. The van der Waals surface area contributed by atoms with E-state index in [-0.39, 0.29) is 11.5 Å². The normalized spacial score (nSPS) is 11.2. The van der Waals surface area contributed by atoms with Crippen LogP contribution < -0.4 is 0 Å². The van der Waals surface area contributed by atoms with Crippen molar-refractivity contribution in [2.45, 2.75) is 6.54 Å². The number of carbonyl (C=O) groups excluding carboxylic acids is 1. The summed E-state index contributed by atoms with van der Waals surface area (Å²) in [6.07, 6.45) is 4.86. The molecule has 0 saturated heterocycles. The Morgan fingerprint density at radius 2 is 2.10 bits per heavy atom. The van der Waals surface area contributed by atoms with Gasteiger partial charge in [0.15, 0.2) is 5.78 Å². The highest BCUT2D eigenvalue weighted by atomic mass is 16.3. The molecule has 2 aromatic rings. The fourth-order valence-corrected chi connectivity index (χ4v) is 1.94. The summed E-state index contributed by atoms with van der Waals surface area (Å²) in [5, 5.41) is 9.81. The predicted octanol–water partition coefficient (Wildman–Crippen LogP) is 2.74. The van der Waals surface area contributed by atoms with Crippen LogP contribution in [-0.4, -0.2) is 34.9 Å². The molecule has 1 N–H and O–H groups in total. The van der Waals surface area contributed by atoms with Crippen LogP contribution in [0.4, 0.5) is 0 Å². The molecule has 4 heteroatoms. The number of aromatic hydroxyl groups is 1. The molecule has 0 aliphatic heterocycles. The van der Waals surface area contributed by atoms with Gasteiger partial charge in [-0.2, -0.15) is 0 Å². The van der Waals surface area contributed by atoms with Crippen LogP contribution in [0.3, 0.4) is 0 Å². The first-order valence-electron chi connectivity index (χ1n) is 6.66. The number of ketones is 1. The van der Waals surface area contributed by atoms with E-state index in [1.54, 1.807) is 30.5 Å². The van der Waals surface area contributed by atoms with Crippen molar-refractivity contribution in [1.82, 2.24) is 9.88 Å². The number of carbonyl (C=O) groups is 1. The first-order chi connectivity index (χ1) is 10.1. The number of benzene rings is 1. The van der Waals surface area contributed by atoms with E-state index in [0.717, 1.165) is 11.3 Å². The maximum atomic E-state index is 12.2. The molecular formula is C17H18N2O2. The Balaban J connectivity index is 2.18. The second-order valence-electron chi connectivity index (χ2n) is 5.03. The number of hydrogen-bond donors (Lipinski definition) is 1. The Morgan fingerprint density at radius 1 is 1.29 bits per heavy atom. The van der Waals surface area contributed by atoms with E-state index < -0.39 is 0 Å². The van der Waals surface area contributed by atoms with E-state index in [4.69, 9.17) is 0 Å². The molecule has 0 saturated carbocycles. The molecule has 108 valence electrons. The standard InChI is InChI=1S/C17H18N2O2/c1-19(2)12-14-11-13(6-8-17(14)21)16(20)9-7-15-5-3-4-10-18-15/h3-11,21H,12H2,1-2H3/b9-7+. The van der Waals surface area contributed by atoms with E-state index in [0.29, 0.717) is 12.1 Å². The van der Waals surface area contributed by atoms with Crippen LogP contribution in [0.1, 0.15) is 21.6 Å². The van der Waals surface area contributed by atoms with Crippen LogP contribution in [0.15, 0.2) is 48.7 Å². The van der Waals surface area contributed by atoms with Crippen LogP contribution in [0.25, 0.3) is 6.08 Å². The molecule has 0 amide bonds. The second kappa shape index (κ2) is 6.81. The van der Waals surface area contributed by atoms with Gasteiger partial charge in [0.05, 0.1) is 5.69 Å². The molecule has 0 spiro atoms. The topological polar surface area (TPSA) is 53.4 Å². The maximum Gasteiger partial charge on any atom is 0.185 e. The zero-order valence-electron chi connectivity index (χ0n) is 12.2. The third-order valence-corrected chi connectivity index (χ3v) is 2.94. The minimum Gasteiger partial charge on any atom is -0.508 e. The number of aromatic nitrogens is 1. The lowest BCUT2D eigenvalue weighted by Crippen LogP contribution is -2.11. The minimum absolute atomic E-state index is 0.111. The summed E-state index contributed by atoms with van der Waals surface area (Å²) in [5.41, 5.74) is 2.02. The number of pyridine rings is 1. The zero-order valence-corrected chi connectivity index (χ0v) is 12.2. The van der Waals surface area contributed by atoms with Gasteiger partial charge in [-0.3, -0.25) is 9.78 Å². The van der Waals surface area contributed by atoms with Gasteiger partial charge >= 0.3 is 0 Å². The summed E-state index contributed by atoms with van der Waals surface area (Å²) < 4.78 is 0. The summed E-state index contributed by atoms with van der Waals surface area (Å²) >= 11 is 0. The van der Waals surface area contributed by atoms with Gasteiger partial charge in [-0.1, -0.05) is 6.07 Å². The largest absolute Gasteiger partial charge is 0.508 e. The Labute approximate surface area is 124 Å². The molecule has 0 radical (unpaired) electrons. The Morgan fingerprint density at radius 3 is 2.76 bits per heavy atom. The lowest BCUT2D eigenvalue weighted by molar-refractivity contribution is 0.104. The van der Waals surface area contributed by atoms with Gasteiger partial charge in [-0.05, 0) is 56.6 Å². The second-order valence-corrected chi connectivity index (χ2v) is 5.03. The van der Waals surface area contributed by atoms with E-state index in [1.165, 1.54) is 6.08 Å². The summed E-state index contributed by atoms with van der Waals surface area (Å²) in [6.45, 7) is 0.580. The summed E-state index contributed by atoms with van der Waals surface area (Å²) in [4.78, 5) is 18.2. The smallest absolute Gasteiger partial charge is 0.185 e. The van der Waals surface area contributed by atoms with Crippen molar-refractivity contribution in [3.8, 4) is 5.75 Å². The van der Waals surface area contributed by atoms with Crippen molar-refractivity contribution in [1.29, 1.82) is 0 Å². The number of allylic oxidation sites excluding steroid dienone is 1. The highest BCUT2D eigenvalue weighted by molar-refractivity contribution is 6.06. The molecule has 0 aliphatic rings. The molecular weight excluding hydrogens is 264 g/mol. The van der Waals surface area contributed by atoms with Crippen LogP contribution in [0.2, 0.25) is 0 Å². The first kappa shape index (κ1) is 14.9. The van der Waals surface area contributed by atoms with E-state index in [9.17, 15) is 9.90 Å². The highest BCUT2D eigenvalue weighted by Crippen LogP contribution is 2.20. The summed E-state index contributed by atoms with van der Waals surface area (Å²) in [6, 6.07) is 10.4. The van der Waals surface area contributed by atoms with Gasteiger partial charge in [0.25, 0.3) is 0 Å². The lowest BCUT2D eigenvalue weighted by atomic mass is 10.1. The van der Waals surface area contributed by atoms with Gasteiger partial charge in [0.1, 0.15) is 5.75 Å². The molecule has 4 nitrogen and oxygen atoms in total. The van der Waals surface area contributed by atoms with E-state index in [2.05, 4.69) is 4.98 Å². The van der Waals surface area contributed by atoms with Crippen molar-refractivity contribution in [3.05, 3.63) is 65.5 Å². The van der Waals surface area contributed by atoms with Crippen molar-refractivity contribution in [3.63, 3.8) is 0 Å². The molecule has 2 rings (SSSR count). The van der Waals surface area contributed by atoms with Crippen LogP contribution in [0, 0.1) is 0 Å². The summed E-state index contributed by atoms with van der Waals surface area (Å²) in [7, 11) is 3.82. The quantitative estimate of drug-likeness (QED) is 0.677. The Kier molecular flexibility index (Phi) is 4.85. The van der Waals surface area contributed by atoms with Gasteiger partial charge in [-0.15, -0.1) is 0 Å². The van der Waals surface area contributed by atoms with E-state index >= 15 is 0 Å². The van der Waals surface area contributed by atoms with Crippen LogP contribution in [-0.2, 0) is 6.54 Å². The van der Waals surface area contributed by atoms with E-state index in [1.807, 2.05) is 37.2 Å². The third-order valence-electron chi connectivity index (χ3n) is 2.94. The summed E-state index contributed by atoms with van der Waals surface area (Å²) in [5.74, 6) is 0.0922. The van der Waals surface area contributed by atoms with Crippen molar-refractivity contribution in [2.24, 2.45) is 0 Å². The molecule has 0 fully saturated rings. The van der Waals surface area contributed by atoms with Gasteiger partial charge in [0, 0.05) is 23.9 Å². The molecule has 1 aromatic heterocycles. The zero-order chi connectivity index (χ0) is 15.2. The Hall–Kier alpha value is -2.46. The van der Waals surface area contributed by atoms with Gasteiger partial charge in [0.2, 0.25) is 0 Å². The fourth-order valence-electron chi connectivity index (χ4n) is 1.94. The van der Waals surface area contributed by atoms with Gasteiger partial charge < -0.3 is 10.0 Å². The average molecular weight is 282 g/mol. The molecule has 0 unspecified atom stereocenters. The SMILES string of the molecule is CN(C)Cc1cc(C(=O)/C=C/c2ccccn2)ccc1O.